The van der Waals surface area contributed by atoms with E-state index in [2.05, 4.69) is 6.92 Å². The average Bonchev–Trinajstić information content (AvgIpc) is 2.39. The standard InChI is InChI=1S/C14H28O5/c1-4-5-16-6-7-17-8-9-18-10-11-19-12-14(15)13(2)3/h13H,4-12H2,1-3H3. The van der Waals surface area contributed by atoms with Crippen LogP contribution in [0.2, 0.25) is 0 Å². The molecule has 0 aromatic heterocycles. The summed E-state index contributed by atoms with van der Waals surface area (Å²) in [6.45, 7) is 10.0. The normalized spacial score (nSPS) is 11.2. The summed E-state index contributed by atoms with van der Waals surface area (Å²) >= 11 is 0. The Morgan fingerprint density at radius 1 is 0.789 bits per heavy atom. The summed E-state index contributed by atoms with van der Waals surface area (Å²) in [5, 5.41) is 0. The van der Waals surface area contributed by atoms with Crippen molar-refractivity contribution in [1.29, 1.82) is 0 Å². The molecule has 0 rings (SSSR count). The predicted octanol–water partition coefficient (Wildman–Crippen LogP) is 1.69. The van der Waals surface area contributed by atoms with Crippen LogP contribution in [0.15, 0.2) is 0 Å². The lowest BCUT2D eigenvalue weighted by molar-refractivity contribution is -0.127. The third-order valence-electron chi connectivity index (χ3n) is 2.35. The fourth-order valence-corrected chi connectivity index (χ4v) is 1.14. The summed E-state index contributed by atoms with van der Waals surface area (Å²) in [5.41, 5.74) is 0. The molecule has 5 heteroatoms. The van der Waals surface area contributed by atoms with Crippen molar-refractivity contribution in [3.63, 3.8) is 0 Å². The van der Waals surface area contributed by atoms with Crippen molar-refractivity contribution in [2.24, 2.45) is 5.92 Å². The van der Waals surface area contributed by atoms with Gasteiger partial charge in [-0.1, -0.05) is 20.8 Å². The van der Waals surface area contributed by atoms with Gasteiger partial charge in [0.15, 0.2) is 5.78 Å². The highest BCUT2D eigenvalue weighted by Crippen LogP contribution is 1.94. The zero-order valence-corrected chi connectivity index (χ0v) is 12.5. The van der Waals surface area contributed by atoms with Crippen LogP contribution < -0.4 is 0 Å². The van der Waals surface area contributed by atoms with Crippen LogP contribution >= 0.6 is 0 Å². The molecule has 0 aliphatic rings. The van der Waals surface area contributed by atoms with E-state index in [1.54, 1.807) is 0 Å². The van der Waals surface area contributed by atoms with Crippen molar-refractivity contribution < 1.29 is 23.7 Å². The van der Waals surface area contributed by atoms with Gasteiger partial charge in [-0.2, -0.15) is 0 Å². The highest BCUT2D eigenvalue weighted by Gasteiger charge is 2.06. The average molecular weight is 276 g/mol. The van der Waals surface area contributed by atoms with E-state index < -0.39 is 0 Å². The van der Waals surface area contributed by atoms with E-state index in [4.69, 9.17) is 18.9 Å². The smallest absolute Gasteiger partial charge is 0.160 e. The molecule has 0 aliphatic carbocycles. The summed E-state index contributed by atoms with van der Waals surface area (Å²) in [6, 6.07) is 0. The monoisotopic (exact) mass is 276 g/mol. The molecule has 0 radical (unpaired) electrons. The Kier molecular flexibility index (Phi) is 13.6. The van der Waals surface area contributed by atoms with E-state index in [0.717, 1.165) is 13.0 Å². The molecule has 0 saturated heterocycles. The highest BCUT2D eigenvalue weighted by atomic mass is 16.6. The van der Waals surface area contributed by atoms with E-state index in [1.165, 1.54) is 0 Å². The van der Waals surface area contributed by atoms with Gasteiger partial charge in [0.1, 0.15) is 6.61 Å². The fraction of sp³-hybridized carbons (Fsp3) is 0.929. The molecule has 0 aromatic carbocycles. The van der Waals surface area contributed by atoms with E-state index in [0.29, 0.717) is 39.6 Å². The van der Waals surface area contributed by atoms with Gasteiger partial charge in [-0.05, 0) is 6.42 Å². The number of rotatable bonds is 14. The zero-order valence-electron chi connectivity index (χ0n) is 12.5. The van der Waals surface area contributed by atoms with Crippen molar-refractivity contribution >= 4 is 5.78 Å². The van der Waals surface area contributed by atoms with Gasteiger partial charge < -0.3 is 18.9 Å². The van der Waals surface area contributed by atoms with Gasteiger partial charge in [-0.25, -0.2) is 0 Å². The Morgan fingerprint density at radius 2 is 1.21 bits per heavy atom. The summed E-state index contributed by atoms with van der Waals surface area (Å²) in [6.07, 6.45) is 1.03. The summed E-state index contributed by atoms with van der Waals surface area (Å²) < 4.78 is 21.1. The van der Waals surface area contributed by atoms with Gasteiger partial charge in [0, 0.05) is 12.5 Å². The predicted molar refractivity (Wildman–Crippen MR) is 73.4 cm³/mol. The van der Waals surface area contributed by atoms with E-state index in [-0.39, 0.29) is 18.3 Å². The third kappa shape index (κ3) is 13.7. The molecule has 0 N–H and O–H groups in total. The first kappa shape index (κ1) is 18.5. The maximum absolute atomic E-state index is 11.2. The molecule has 114 valence electrons. The largest absolute Gasteiger partial charge is 0.379 e. The Hall–Kier alpha value is -0.490. The van der Waals surface area contributed by atoms with Gasteiger partial charge in [-0.15, -0.1) is 0 Å². The molecule has 0 aliphatic heterocycles. The maximum Gasteiger partial charge on any atom is 0.160 e. The fourth-order valence-electron chi connectivity index (χ4n) is 1.14. The van der Waals surface area contributed by atoms with Crippen molar-refractivity contribution in [1.82, 2.24) is 0 Å². The molecule has 5 nitrogen and oxygen atoms in total. The molecule has 0 atom stereocenters. The topological polar surface area (TPSA) is 54.0 Å². The molecule has 0 spiro atoms. The van der Waals surface area contributed by atoms with Crippen molar-refractivity contribution in [2.75, 3.05) is 52.9 Å². The molecule has 0 heterocycles. The second kappa shape index (κ2) is 13.9. The zero-order chi connectivity index (χ0) is 14.3. The Morgan fingerprint density at radius 3 is 1.63 bits per heavy atom. The van der Waals surface area contributed by atoms with Gasteiger partial charge in [0.2, 0.25) is 0 Å². The Labute approximate surface area is 116 Å². The number of hydrogen-bond acceptors (Lipinski definition) is 5. The third-order valence-corrected chi connectivity index (χ3v) is 2.35. The first-order chi connectivity index (χ1) is 9.18. The molecule has 19 heavy (non-hydrogen) atoms. The van der Waals surface area contributed by atoms with Crippen molar-refractivity contribution in [3.8, 4) is 0 Å². The number of carbonyl (C=O) groups is 1. The minimum atomic E-state index is 0.0317. The highest BCUT2D eigenvalue weighted by molar-refractivity contribution is 5.81. The van der Waals surface area contributed by atoms with Crippen LogP contribution in [0.3, 0.4) is 0 Å². The quantitative estimate of drug-likeness (QED) is 0.452. The maximum atomic E-state index is 11.2. The first-order valence-electron chi connectivity index (χ1n) is 7.02. The lowest BCUT2D eigenvalue weighted by Crippen LogP contribution is -2.17. The molecular formula is C14H28O5. The van der Waals surface area contributed by atoms with Crippen LogP contribution in [0.25, 0.3) is 0 Å². The Balaban J connectivity index is 3.05. The summed E-state index contributed by atoms with van der Waals surface area (Å²) in [5.74, 6) is 0.152. The number of Topliss-reactive ketones (excluding diaryl/α,β-unsaturated/α-hetero) is 1. The minimum absolute atomic E-state index is 0.0317. The molecule has 0 bridgehead atoms. The summed E-state index contributed by atoms with van der Waals surface area (Å²) in [4.78, 5) is 11.2. The molecular weight excluding hydrogens is 248 g/mol. The van der Waals surface area contributed by atoms with E-state index in [1.807, 2.05) is 13.8 Å². The number of ketones is 1. The van der Waals surface area contributed by atoms with Gasteiger partial charge >= 0.3 is 0 Å². The second-order valence-corrected chi connectivity index (χ2v) is 4.51. The van der Waals surface area contributed by atoms with Crippen LogP contribution in [-0.4, -0.2) is 58.6 Å². The Bertz CT molecular complexity index is 206. The minimum Gasteiger partial charge on any atom is -0.379 e. The van der Waals surface area contributed by atoms with Gasteiger partial charge in [-0.3, -0.25) is 4.79 Å². The lowest BCUT2D eigenvalue weighted by atomic mass is 10.1. The first-order valence-corrected chi connectivity index (χ1v) is 7.02. The molecule has 0 unspecified atom stereocenters. The van der Waals surface area contributed by atoms with Crippen LogP contribution in [0.4, 0.5) is 0 Å². The van der Waals surface area contributed by atoms with Crippen molar-refractivity contribution in [2.45, 2.75) is 27.2 Å². The van der Waals surface area contributed by atoms with Crippen molar-refractivity contribution in [3.05, 3.63) is 0 Å². The molecule has 0 fully saturated rings. The van der Waals surface area contributed by atoms with Crippen LogP contribution in [0, 0.1) is 5.92 Å². The van der Waals surface area contributed by atoms with Crippen LogP contribution in [0.5, 0.6) is 0 Å². The molecule has 0 amide bonds. The van der Waals surface area contributed by atoms with E-state index in [9.17, 15) is 4.79 Å². The SMILES string of the molecule is CCCOCCOCCOCCOCC(=O)C(C)C. The number of carbonyl (C=O) groups excluding carboxylic acids is 1. The van der Waals surface area contributed by atoms with Crippen LogP contribution in [0.1, 0.15) is 27.2 Å². The summed E-state index contributed by atoms with van der Waals surface area (Å²) in [7, 11) is 0. The lowest BCUT2D eigenvalue weighted by Gasteiger charge is -2.07. The molecule has 0 aromatic rings. The van der Waals surface area contributed by atoms with Gasteiger partial charge in [0.05, 0.1) is 39.6 Å². The van der Waals surface area contributed by atoms with E-state index >= 15 is 0 Å². The van der Waals surface area contributed by atoms with Crippen LogP contribution in [-0.2, 0) is 23.7 Å². The molecule has 0 saturated carbocycles. The van der Waals surface area contributed by atoms with Gasteiger partial charge in [0.25, 0.3) is 0 Å². The number of hydrogen-bond donors (Lipinski definition) is 0. The second-order valence-electron chi connectivity index (χ2n) is 4.51. The number of ether oxygens (including phenoxy) is 4.